The average Bonchev–Trinajstić information content (AvgIpc) is 3.48. The van der Waals surface area contributed by atoms with Crippen LogP contribution in [0.3, 0.4) is 0 Å². The number of carbonyl (C=O) groups excluding carboxylic acids is 2. The second kappa shape index (κ2) is 11.6. The first-order valence-electron chi connectivity index (χ1n) is 13.3. The highest BCUT2D eigenvalue weighted by molar-refractivity contribution is 7.17. The lowest BCUT2D eigenvalue weighted by molar-refractivity contribution is 0.0554. The molecule has 1 unspecified atom stereocenters. The highest BCUT2D eigenvalue weighted by atomic mass is 32.1. The fraction of sp³-hybridized carbons (Fsp3) is 0.290. The van der Waals surface area contributed by atoms with Crippen molar-refractivity contribution in [1.29, 1.82) is 0 Å². The number of thiazole rings is 1. The number of aromatic nitrogens is 1. The van der Waals surface area contributed by atoms with Gasteiger partial charge in [0.05, 0.1) is 35.9 Å². The van der Waals surface area contributed by atoms with E-state index in [0.717, 1.165) is 23.3 Å². The zero-order valence-corrected chi connectivity index (χ0v) is 24.1. The van der Waals surface area contributed by atoms with Crippen LogP contribution in [0.15, 0.2) is 58.3 Å². The van der Waals surface area contributed by atoms with Crippen molar-refractivity contribution in [2.24, 2.45) is 0 Å². The summed E-state index contributed by atoms with van der Waals surface area (Å²) >= 11 is 1.01. The van der Waals surface area contributed by atoms with Crippen LogP contribution in [-0.2, 0) is 4.74 Å². The van der Waals surface area contributed by atoms with Gasteiger partial charge in [0.2, 0.25) is 5.76 Å². The minimum atomic E-state index is -0.888. The molecule has 2 aromatic heterocycles. The number of ether oxygens (including phenoxy) is 3. The number of esters is 1. The number of amides is 1. The second-order valence-corrected chi connectivity index (χ2v) is 10.5. The molecule has 4 aromatic rings. The smallest absolute Gasteiger partial charge is 0.350 e. The Balaban J connectivity index is 1.72. The maximum absolute atomic E-state index is 14.0. The van der Waals surface area contributed by atoms with Gasteiger partial charge in [-0.25, -0.2) is 9.78 Å². The summed E-state index contributed by atoms with van der Waals surface area (Å²) in [5.74, 6) is -0.118. The number of hydrogen-bond acceptors (Lipinski definition) is 9. The average molecular weight is 575 g/mol. The van der Waals surface area contributed by atoms with E-state index in [1.165, 1.54) is 11.0 Å². The lowest BCUT2D eigenvalue weighted by atomic mass is 9.98. The van der Waals surface area contributed by atoms with Gasteiger partial charge in [-0.15, -0.1) is 0 Å². The first-order chi connectivity index (χ1) is 19.8. The third kappa shape index (κ3) is 5.11. The van der Waals surface area contributed by atoms with Gasteiger partial charge in [0.1, 0.15) is 17.1 Å². The number of nitrogens with zero attached hydrogens (tertiary/aromatic N) is 2. The zero-order valence-electron chi connectivity index (χ0n) is 23.3. The Morgan fingerprint density at radius 2 is 1.93 bits per heavy atom. The summed E-state index contributed by atoms with van der Waals surface area (Å²) in [4.78, 5) is 46.9. The normalized spacial score (nSPS) is 14.3. The van der Waals surface area contributed by atoms with Crippen molar-refractivity contribution >= 4 is 39.3 Å². The molecule has 41 heavy (non-hydrogen) atoms. The molecule has 2 aromatic carbocycles. The molecule has 0 radical (unpaired) electrons. The molecule has 0 fully saturated rings. The van der Waals surface area contributed by atoms with Crippen molar-refractivity contribution in [1.82, 2.24) is 4.98 Å². The first-order valence-corrected chi connectivity index (χ1v) is 14.2. The van der Waals surface area contributed by atoms with Crippen LogP contribution >= 0.6 is 11.3 Å². The van der Waals surface area contributed by atoms with Gasteiger partial charge >= 0.3 is 5.97 Å². The molecule has 10 heteroatoms. The number of fused-ring (bicyclic) bond motifs is 2. The molecular weight excluding hydrogens is 544 g/mol. The van der Waals surface area contributed by atoms with Gasteiger partial charge in [0.25, 0.3) is 5.91 Å². The summed E-state index contributed by atoms with van der Waals surface area (Å²) in [7, 11) is 0. The zero-order chi connectivity index (χ0) is 29.3. The van der Waals surface area contributed by atoms with Crippen molar-refractivity contribution in [3.05, 3.63) is 92.3 Å². The molecule has 0 saturated carbocycles. The SMILES string of the molecule is C=CCOC(=O)c1sc(N2C(=O)c3oc4ccc(C)cc4c(=O)c3C2c2ccc(OCCC)c(OCC)c2)nc1C. The van der Waals surface area contributed by atoms with Crippen molar-refractivity contribution in [2.75, 3.05) is 24.7 Å². The summed E-state index contributed by atoms with van der Waals surface area (Å²) in [6, 6.07) is 9.71. The van der Waals surface area contributed by atoms with E-state index >= 15 is 0 Å². The lowest BCUT2D eigenvalue weighted by Crippen LogP contribution is -2.29. The van der Waals surface area contributed by atoms with Gasteiger partial charge in [-0.05, 0) is 57.0 Å². The summed E-state index contributed by atoms with van der Waals surface area (Å²) in [5, 5.41) is 0.610. The summed E-state index contributed by atoms with van der Waals surface area (Å²) < 4.78 is 23.1. The van der Waals surface area contributed by atoms with Crippen LogP contribution in [0.1, 0.15) is 68.9 Å². The van der Waals surface area contributed by atoms with E-state index in [1.807, 2.05) is 26.8 Å². The Morgan fingerprint density at radius 3 is 2.66 bits per heavy atom. The van der Waals surface area contributed by atoms with E-state index in [9.17, 15) is 14.4 Å². The molecule has 9 nitrogen and oxygen atoms in total. The largest absolute Gasteiger partial charge is 0.490 e. The summed E-state index contributed by atoms with van der Waals surface area (Å²) in [6.07, 6.45) is 2.29. The van der Waals surface area contributed by atoms with Crippen LogP contribution < -0.4 is 19.8 Å². The molecule has 3 heterocycles. The first kappa shape index (κ1) is 28.1. The van der Waals surface area contributed by atoms with E-state index in [1.54, 1.807) is 37.3 Å². The minimum Gasteiger partial charge on any atom is -0.490 e. The van der Waals surface area contributed by atoms with E-state index in [4.69, 9.17) is 18.6 Å². The Bertz CT molecular complexity index is 1720. The summed E-state index contributed by atoms with van der Waals surface area (Å²) in [6.45, 7) is 11.9. The Labute approximate surface area is 241 Å². The molecule has 1 aliphatic heterocycles. The molecule has 0 aliphatic carbocycles. The van der Waals surface area contributed by atoms with Crippen LogP contribution in [0.25, 0.3) is 11.0 Å². The van der Waals surface area contributed by atoms with Gasteiger partial charge in [0, 0.05) is 0 Å². The van der Waals surface area contributed by atoms with Gasteiger partial charge in [-0.2, -0.15) is 0 Å². The van der Waals surface area contributed by atoms with Crippen molar-refractivity contribution in [3.63, 3.8) is 0 Å². The van der Waals surface area contributed by atoms with Crippen LogP contribution in [0.5, 0.6) is 11.5 Å². The molecule has 5 rings (SSSR count). The predicted molar refractivity (Wildman–Crippen MR) is 157 cm³/mol. The monoisotopic (exact) mass is 574 g/mol. The molecule has 0 N–H and O–H groups in total. The number of carbonyl (C=O) groups is 2. The quantitative estimate of drug-likeness (QED) is 0.164. The van der Waals surface area contributed by atoms with Crippen molar-refractivity contribution < 1.29 is 28.2 Å². The Morgan fingerprint density at radius 1 is 1.12 bits per heavy atom. The second-order valence-electron chi connectivity index (χ2n) is 9.54. The molecule has 0 spiro atoms. The minimum absolute atomic E-state index is 0.0410. The van der Waals surface area contributed by atoms with Crippen molar-refractivity contribution in [2.45, 2.75) is 40.2 Å². The third-order valence-electron chi connectivity index (χ3n) is 6.58. The lowest BCUT2D eigenvalue weighted by Gasteiger charge is -2.23. The van der Waals surface area contributed by atoms with Gasteiger partial charge in [0.15, 0.2) is 22.1 Å². The molecular formula is C31H30N2O7S. The van der Waals surface area contributed by atoms with Gasteiger partial charge in [-0.1, -0.05) is 48.6 Å². The van der Waals surface area contributed by atoms with Gasteiger partial charge in [-0.3, -0.25) is 14.5 Å². The molecule has 1 amide bonds. The van der Waals surface area contributed by atoms with Crippen LogP contribution in [-0.4, -0.2) is 36.7 Å². The van der Waals surface area contributed by atoms with Crippen molar-refractivity contribution in [3.8, 4) is 11.5 Å². The number of benzene rings is 2. The van der Waals surface area contributed by atoms with E-state index in [0.29, 0.717) is 46.9 Å². The molecule has 1 atom stereocenters. The van der Waals surface area contributed by atoms with E-state index < -0.39 is 17.9 Å². The number of aryl methyl sites for hydroxylation is 2. The third-order valence-corrected chi connectivity index (χ3v) is 7.72. The summed E-state index contributed by atoms with van der Waals surface area (Å²) in [5.41, 5.74) is 2.09. The maximum atomic E-state index is 14.0. The van der Waals surface area contributed by atoms with Crippen LogP contribution in [0.4, 0.5) is 5.13 Å². The standard InChI is InChI=1S/C31H30N2O7S/c1-6-13-38-22-12-10-19(16-23(22)37-8-3)25-24-26(34)20-15-17(4)9-11-21(20)40-27(24)29(35)33(25)31-32-18(5)28(41-31)30(36)39-14-7-2/h7,9-12,15-16,25H,2,6,8,13-14H2,1,3-5H3. The Kier molecular flexibility index (Phi) is 7.94. The van der Waals surface area contributed by atoms with Crippen LogP contribution in [0.2, 0.25) is 0 Å². The maximum Gasteiger partial charge on any atom is 0.350 e. The highest BCUT2D eigenvalue weighted by Gasteiger charge is 2.45. The molecule has 0 saturated heterocycles. The fourth-order valence-corrected chi connectivity index (χ4v) is 5.76. The number of anilines is 1. The number of hydrogen-bond donors (Lipinski definition) is 0. The predicted octanol–water partition coefficient (Wildman–Crippen LogP) is 6.15. The fourth-order valence-electron chi connectivity index (χ4n) is 4.77. The van der Waals surface area contributed by atoms with E-state index in [-0.39, 0.29) is 33.4 Å². The van der Waals surface area contributed by atoms with Crippen LogP contribution in [0, 0.1) is 13.8 Å². The molecule has 212 valence electrons. The Hall–Kier alpha value is -4.44. The molecule has 1 aliphatic rings. The van der Waals surface area contributed by atoms with Gasteiger partial charge < -0.3 is 18.6 Å². The number of rotatable bonds is 10. The van der Waals surface area contributed by atoms with E-state index in [2.05, 4.69) is 11.6 Å². The highest BCUT2D eigenvalue weighted by Crippen LogP contribution is 2.45. The molecule has 0 bridgehead atoms. The topological polar surface area (TPSA) is 108 Å².